The molecule has 6 amide bonds. The lowest BCUT2D eigenvalue weighted by Gasteiger charge is -2.39. The highest BCUT2D eigenvalue weighted by atomic mass is 19.4. The molecule has 0 aromatic heterocycles. The fourth-order valence-corrected chi connectivity index (χ4v) is 8.29. The number of halogens is 3. The number of alkyl halides is 3. The number of para-hydroxylation sites is 1. The molecule has 0 saturated carbocycles. The number of anilines is 2. The molecule has 2 saturated heterocycles. The van der Waals surface area contributed by atoms with Crippen molar-refractivity contribution >= 4 is 35.3 Å². The van der Waals surface area contributed by atoms with Gasteiger partial charge in [-0.3, -0.25) is 9.59 Å². The highest BCUT2D eigenvalue weighted by Crippen LogP contribution is 2.39. The van der Waals surface area contributed by atoms with E-state index in [1.54, 1.807) is 83.9 Å². The molecule has 0 unspecified atom stereocenters. The Morgan fingerprint density at radius 3 is 1.68 bits per heavy atom. The van der Waals surface area contributed by atoms with Crippen molar-refractivity contribution in [3.05, 3.63) is 124 Å². The number of carbonyl (C=O) groups excluding carboxylic acids is 4. The van der Waals surface area contributed by atoms with Crippen molar-refractivity contribution in [3.63, 3.8) is 0 Å². The molecule has 3 N–H and O–H groups in total. The number of benzene rings is 4. The van der Waals surface area contributed by atoms with Crippen molar-refractivity contribution < 1.29 is 42.2 Å². The number of aliphatic hydroxyl groups is 1. The Hall–Kier alpha value is -6.09. The van der Waals surface area contributed by atoms with Crippen molar-refractivity contribution in [1.82, 2.24) is 20.4 Å². The van der Waals surface area contributed by atoms with E-state index in [0.29, 0.717) is 29.8 Å². The number of piperidine rings is 2. The topological polar surface area (TPSA) is 135 Å². The predicted molar refractivity (Wildman–Crippen MR) is 236 cm³/mol. The van der Waals surface area contributed by atoms with Crippen molar-refractivity contribution in [3.8, 4) is 5.75 Å². The number of rotatable bonds is 9. The van der Waals surface area contributed by atoms with E-state index in [2.05, 4.69) is 16.7 Å². The average Bonchev–Trinajstić information content (AvgIpc) is 3.25. The van der Waals surface area contributed by atoms with Gasteiger partial charge in [0.15, 0.2) is 0 Å². The summed E-state index contributed by atoms with van der Waals surface area (Å²) >= 11 is 0. The SMILES string of the molecule is COc1ccccc1C1CCN(C(=O)c2ccc(C)c(N(C(=O)NC(C)C)N(C(=O)NC(C)C)c3cc(C(=O)N4CCC(O)(c5cccc(C(F)(F)F)c5)CC4)ccc3C)c2)CC1. The van der Waals surface area contributed by atoms with Crippen LogP contribution in [-0.4, -0.2) is 84.2 Å². The third-order valence-corrected chi connectivity index (χ3v) is 11.7. The lowest BCUT2D eigenvalue weighted by Crippen LogP contribution is -2.59. The molecule has 336 valence electrons. The number of carbonyl (C=O) groups is 4. The van der Waals surface area contributed by atoms with Gasteiger partial charge in [-0.25, -0.2) is 9.59 Å². The highest BCUT2D eigenvalue weighted by molar-refractivity contribution is 6.08. The number of nitrogens with one attached hydrogen (secondary N) is 2. The maximum absolute atomic E-state index is 14.5. The van der Waals surface area contributed by atoms with Gasteiger partial charge < -0.3 is 30.3 Å². The molecular weight excluding hydrogens is 814 g/mol. The van der Waals surface area contributed by atoms with Crippen LogP contribution < -0.4 is 25.4 Å². The summed E-state index contributed by atoms with van der Waals surface area (Å²) in [6.07, 6.45) is -3.11. The summed E-state index contributed by atoms with van der Waals surface area (Å²) < 4.78 is 46.1. The number of hydrogen-bond donors (Lipinski definition) is 3. The number of hydrazine groups is 1. The summed E-state index contributed by atoms with van der Waals surface area (Å²) in [7, 11) is 1.65. The Kier molecular flexibility index (Phi) is 14.1. The molecule has 4 aromatic rings. The number of nitrogens with zero attached hydrogens (tertiary/aromatic N) is 4. The van der Waals surface area contributed by atoms with Crippen molar-refractivity contribution in [2.45, 2.75) is 97.0 Å². The van der Waals surface area contributed by atoms with E-state index < -0.39 is 35.3 Å². The zero-order valence-electron chi connectivity index (χ0n) is 36.9. The van der Waals surface area contributed by atoms with Gasteiger partial charge in [0.05, 0.1) is 29.6 Å². The van der Waals surface area contributed by atoms with Gasteiger partial charge in [0.1, 0.15) is 5.75 Å². The second-order valence-electron chi connectivity index (χ2n) is 17.0. The Morgan fingerprint density at radius 1 is 0.714 bits per heavy atom. The third kappa shape index (κ3) is 10.4. The van der Waals surface area contributed by atoms with Crippen LogP contribution in [-0.2, 0) is 11.8 Å². The van der Waals surface area contributed by atoms with Crippen molar-refractivity contribution in [1.29, 1.82) is 0 Å². The molecule has 2 aliphatic heterocycles. The molecule has 4 aromatic carbocycles. The van der Waals surface area contributed by atoms with Crippen LogP contribution in [0.1, 0.15) is 108 Å². The normalized spacial score (nSPS) is 15.6. The van der Waals surface area contributed by atoms with Crippen molar-refractivity contribution in [2.24, 2.45) is 0 Å². The highest BCUT2D eigenvalue weighted by Gasteiger charge is 2.39. The molecule has 2 heterocycles. The van der Waals surface area contributed by atoms with Crippen LogP contribution in [0.2, 0.25) is 0 Å². The van der Waals surface area contributed by atoms with Crippen LogP contribution in [0.5, 0.6) is 5.75 Å². The fourth-order valence-electron chi connectivity index (χ4n) is 8.29. The average molecular weight is 871 g/mol. The number of aryl methyl sites for hydroxylation is 2. The largest absolute Gasteiger partial charge is 0.496 e. The second kappa shape index (κ2) is 19.1. The molecule has 15 heteroatoms. The monoisotopic (exact) mass is 870 g/mol. The molecule has 63 heavy (non-hydrogen) atoms. The Labute approximate surface area is 367 Å². The minimum atomic E-state index is -4.58. The molecule has 12 nitrogen and oxygen atoms in total. The number of urea groups is 2. The second-order valence-corrected chi connectivity index (χ2v) is 17.0. The third-order valence-electron chi connectivity index (χ3n) is 11.7. The smallest absolute Gasteiger partial charge is 0.416 e. The van der Waals surface area contributed by atoms with E-state index in [9.17, 15) is 37.5 Å². The van der Waals surface area contributed by atoms with E-state index in [0.717, 1.165) is 36.3 Å². The number of methoxy groups -OCH3 is 1. The number of hydrogen-bond acceptors (Lipinski definition) is 6. The van der Waals surface area contributed by atoms with E-state index in [-0.39, 0.29) is 72.3 Å². The van der Waals surface area contributed by atoms with Crippen LogP contribution in [0, 0.1) is 13.8 Å². The Morgan fingerprint density at radius 2 is 1.21 bits per heavy atom. The number of ether oxygens (including phenoxy) is 1. The van der Waals surface area contributed by atoms with Gasteiger partial charge in [-0.1, -0.05) is 42.5 Å². The minimum absolute atomic E-state index is 0.00103. The molecule has 2 aliphatic rings. The van der Waals surface area contributed by atoms with Crippen LogP contribution in [0.25, 0.3) is 0 Å². The van der Waals surface area contributed by atoms with Crippen LogP contribution >= 0.6 is 0 Å². The number of amides is 6. The first-order valence-electron chi connectivity index (χ1n) is 21.3. The van der Waals surface area contributed by atoms with Gasteiger partial charge in [-0.15, -0.1) is 0 Å². The summed E-state index contributed by atoms with van der Waals surface area (Å²) in [6, 6.07) is 20.3. The Balaban J connectivity index is 1.31. The molecule has 6 rings (SSSR count). The van der Waals surface area contributed by atoms with Crippen LogP contribution in [0.3, 0.4) is 0 Å². The molecule has 0 radical (unpaired) electrons. The quantitative estimate of drug-likeness (QED) is 0.144. The van der Waals surface area contributed by atoms with E-state index in [1.165, 1.54) is 33.1 Å². The molecule has 2 fully saturated rings. The zero-order chi connectivity index (χ0) is 45.8. The molecule has 0 aliphatic carbocycles. The summed E-state index contributed by atoms with van der Waals surface area (Å²) in [4.78, 5) is 60.6. The van der Waals surface area contributed by atoms with Gasteiger partial charge in [0.25, 0.3) is 11.8 Å². The minimum Gasteiger partial charge on any atom is -0.496 e. The summed E-state index contributed by atoms with van der Waals surface area (Å²) in [6.45, 7) is 11.8. The van der Waals surface area contributed by atoms with Gasteiger partial charge in [0.2, 0.25) is 0 Å². The van der Waals surface area contributed by atoms with Crippen LogP contribution in [0.4, 0.5) is 34.1 Å². The molecular formula is C48H57F3N6O6. The maximum Gasteiger partial charge on any atom is 0.416 e. The zero-order valence-corrected chi connectivity index (χ0v) is 36.9. The lowest BCUT2D eigenvalue weighted by atomic mass is 9.83. The Bertz CT molecular complexity index is 2320. The van der Waals surface area contributed by atoms with Gasteiger partial charge in [0, 0.05) is 49.4 Å². The summed E-state index contributed by atoms with van der Waals surface area (Å²) in [5, 5.41) is 19.7. The van der Waals surface area contributed by atoms with Gasteiger partial charge >= 0.3 is 18.2 Å². The predicted octanol–water partition coefficient (Wildman–Crippen LogP) is 8.94. The molecule has 0 atom stereocenters. The first kappa shape index (κ1) is 46.4. The van der Waals surface area contributed by atoms with E-state index in [1.807, 2.05) is 18.2 Å². The summed E-state index contributed by atoms with van der Waals surface area (Å²) in [5.74, 6) is 0.388. The van der Waals surface area contributed by atoms with Crippen LogP contribution in [0.15, 0.2) is 84.9 Å². The van der Waals surface area contributed by atoms with E-state index in [4.69, 9.17) is 4.74 Å². The van der Waals surface area contributed by atoms with E-state index >= 15 is 0 Å². The maximum atomic E-state index is 14.5. The standard InChI is InChI=1S/C48H57F3N6O6/c1-30(2)52-45(60)56(40-27-35(17-15-32(40)5)43(58)54-23-19-34(20-24-54)39-13-8-9-14-42(39)63-7)57(46(61)53-31(3)4)41-28-36(18-16-33(41)6)44(59)55-25-21-47(62,22-26-55)37-11-10-12-38(29-37)48(49,50)51/h8-18,27-31,34,62H,19-26H2,1-7H3,(H,52,60)(H,53,61). The van der Waals surface area contributed by atoms with Gasteiger partial charge in [-0.2, -0.15) is 23.2 Å². The first-order chi connectivity index (χ1) is 29.8. The fraction of sp³-hybridized carbons (Fsp3) is 0.417. The number of likely N-dealkylation sites (tertiary alicyclic amines) is 2. The first-order valence-corrected chi connectivity index (χ1v) is 21.3. The van der Waals surface area contributed by atoms with Gasteiger partial charge in [-0.05, 0) is 138 Å². The van der Waals surface area contributed by atoms with Crippen molar-refractivity contribution in [2.75, 3.05) is 43.3 Å². The molecule has 0 bridgehead atoms. The summed E-state index contributed by atoms with van der Waals surface area (Å²) in [5.41, 5.74) is 0.925. The molecule has 0 spiro atoms. The lowest BCUT2D eigenvalue weighted by molar-refractivity contribution is -0.137.